The Kier molecular flexibility index (Phi) is 3.49. The summed E-state index contributed by atoms with van der Waals surface area (Å²) >= 11 is 0. The van der Waals surface area contributed by atoms with Gasteiger partial charge < -0.3 is 21.5 Å². The Morgan fingerprint density at radius 2 is 2.29 bits per heavy atom. The summed E-state index contributed by atoms with van der Waals surface area (Å²) in [5.41, 5.74) is 12.6. The number of nitrogen functional groups attached to an aromatic ring is 1. The van der Waals surface area contributed by atoms with E-state index in [1.807, 2.05) is 0 Å². The van der Waals surface area contributed by atoms with Crippen molar-refractivity contribution >= 4 is 17.3 Å². The number of primary amides is 1. The molecule has 17 heavy (non-hydrogen) atoms. The molecule has 1 aliphatic rings. The monoisotopic (exact) mass is 235 g/mol. The second-order valence-corrected chi connectivity index (χ2v) is 4.23. The number of nitrogens with two attached hydrogens (primary N) is 2. The third-order valence-corrected chi connectivity index (χ3v) is 2.83. The maximum atomic E-state index is 11.3. The van der Waals surface area contributed by atoms with Crippen LogP contribution in [0.2, 0.25) is 0 Å². The Morgan fingerprint density at radius 3 is 2.94 bits per heavy atom. The number of benzene rings is 1. The predicted molar refractivity (Wildman–Crippen MR) is 66.8 cm³/mol. The second kappa shape index (κ2) is 5.05. The Morgan fingerprint density at radius 1 is 1.47 bits per heavy atom. The highest BCUT2D eigenvalue weighted by molar-refractivity contribution is 5.99. The van der Waals surface area contributed by atoms with Crippen molar-refractivity contribution in [2.75, 3.05) is 24.3 Å². The molecule has 1 heterocycles. The lowest BCUT2D eigenvalue weighted by Crippen LogP contribution is -2.31. The number of hydrogen-bond acceptors (Lipinski definition) is 4. The molecule has 1 saturated heterocycles. The molecule has 5 N–H and O–H groups in total. The van der Waals surface area contributed by atoms with Crippen LogP contribution in [-0.4, -0.2) is 25.2 Å². The van der Waals surface area contributed by atoms with E-state index in [9.17, 15) is 4.79 Å². The minimum atomic E-state index is -0.475. The molecule has 1 amide bonds. The highest BCUT2D eigenvalue weighted by atomic mass is 16.5. The molecule has 0 spiro atoms. The van der Waals surface area contributed by atoms with E-state index in [1.165, 1.54) is 0 Å². The van der Waals surface area contributed by atoms with Gasteiger partial charge in [-0.25, -0.2) is 0 Å². The maximum Gasteiger partial charge on any atom is 0.250 e. The fraction of sp³-hybridized carbons (Fsp3) is 0.417. The van der Waals surface area contributed by atoms with Gasteiger partial charge in [0, 0.05) is 24.0 Å². The minimum absolute atomic E-state index is 0.227. The zero-order valence-corrected chi connectivity index (χ0v) is 9.61. The summed E-state index contributed by atoms with van der Waals surface area (Å²) in [6.07, 6.45) is 2.06. The molecule has 0 saturated carbocycles. The van der Waals surface area contributed by atoms with E-state index in [4.69, 9.17) is 16.2 Å². The quantitative estimate of drug-likeness (QED) is 0.680. The molecule has 1 aromatic rings. The Balaban J connectivity index is 2.16. The molecule has 0 aliphatic carbocycles. The van der Waals surface area contributed by atoms with E-state index >= 15 is 0 Å². The lowest BCUT2D eigenvalue weighted by atomic mass is 10.1. The molecule has 1 atom stereocenters. The van der Waals surface area contributed by atoms with Gasteiger partial charge in [-0.3, -0.25) is 4.79 Å². The number of amides is 1. The van der Waals surface area contributed by atoms with E-state index in [0.717, 1.165) is 25.1 Å². The molecule has 1 aliphatic heterocycles. The van der Waals surface area contributed by atoms with Gasteiger partial charge >= 0.3 is 0 Å². The van der Waals surface area contributed by atoms with Gasteiger partial charge in [-0.15, -0.1) is 0 Å². The molecule has 0 radical (unpaired) electrons. The molecule has 0 bridgehead atoms. The van der Waals surface area contributed by atoms with E-state index in [-0.39, 0.29) is 6.04 Å². The summed E-state index contributed by atoms with van der Waals surface area (Å²) in [7, 11) is 0. The first-order chi connectivity index (χ1) is 8.16. The number of nitrogens with one attached hydrogen (secondary N) is 1. The lowest BCUT2D eigenvalue weighted by molar-refractivity contribution is 0.0874. The zero-order valence-electron chi connectivity index (χ0n) is 9.61. The van der Waals surface area contributed by atoms with Crippen LogP contribution in [0.25, 0.3) is 0 Å². The smallest absolute Gasteiger partial charge is 0.250 e. The predicted octanol–water partition coefficient (Wildman–Crippen LogP) is 0.959. The van der Waals surface area contributed by atoms with E-state index < -0.39 is 5.91 Å². The summed E-state index contributed by atoms with van der Waals surface area (Å²) in [4.78, 5) is 11.3. The number of rotatable bonds is 3. The summed E-state index contributed by atoms with van der Waals surface area (Å²) in [6, 6.07) is 5.35. The van der Waals surface area contributed by atoms with Crippen molar-refractivity contribution < 1.29 is 9.53 Å². The third-order valence-electron chi connectivity index (χ3n) is 2.83. The van der Waals surface area contributed by atoms with Crippen molar-refractivity contribution in [2.24, 2.45) is 5.73 Å². The van der Waals surface area contributed by atoms with Crippen molar-refractivity contribution in [3.05, 3.63) is 23.8 Å². The van der Waals surface area contributed by atoms with Crippen LogP contribution in [0.15, 0.2) is 18.2 Å². The van der Waals surface area contributed by atoms with Gasteiger partial charge in [-0.05, 0) is 31.0 Å². The fourth-order valence-corrected chi connectivity index (χ4v) is 1.97. The Hall–Kier alpha value is -1.75. The van der Waals surface area contributed by atoms with Crippen LogP contribution in [0.3, 0.4) is 0 Å². The van der Waals surface area contributed by atoms with E-state index in [1.54, 1.807) is 18.2 Å². The van der Waals surface area contributed by atoms with E-state index in [2.05, 4.69) is 5.32 Å². The SMILES string of the molecule is NC(=O)c1cc(N)ccc1NC1CCCOC1. The first kappa shape index (κ1) is 11.7. The summed E-state index contributed by atoms with van der Waals surface area (Å²) < 4.78 is 5.38. The average molecular weight is 235 g/mol. The second-order valence-electron chi connectivity index (χ2n) is 4.23. The number of ether oxygens (including phenoxy) is 1. The van der Waals surface area contributed by atoms with Crippen molar-refractivity contribution in [1.29, 1.82) is 0 Å². The molecule has 5 nitrogen and oxygen atoms in total. The molecular weight excluding hydrogens is 218 g/mol. The standard InChI is InChI=1S/C12H17N3O2/c13-8-3-4-11(10(6-8)12(14)16)15-9-2-1-5-17-7-9/h3-4,6,9,15H,1-2,5,7,13H2,(H2,14,16). The van der Waals surface area contributed by atoms with Crippen LogP contribution in [0.5, 0.6) is 0 Å². The van der Waals surface area contributed by atoms with Crippen molar-refractivity contribution in [3.8, 4) is 0 Å². The minimum Gasteiger partial charge on any atom is -0.399 e. The van der Waals surface area contributed by atoms with Crippen LogP contribution in [-0.2, 0) is 4.74 Å². The van der Waals surface area contributed by atoms with Gasteiger partial charge in [-0.2, -0.15) is 0 Å². The van der Waals surface area contributed by atoms with Gasteiger partial charge in [0.05, 0.1) is 12.2 Å². The van der Waals surface area contributed by atoms with Gasteiger partial charge in [0.15, 0.2) is 0 Å². The van der Waals surface area contributed by atoms with Gasteiger partial charge in [0.1, 0.15) is 0 Å². The van der Waals surface area contributed by atoms with Crippen LogP contribution in [0.1, 0.15) is 23.2 Å². The zero-order chi connectivity index (χ0) is 12.3. The summed E-state index contributed by atoms with van der Waals surface area (Å²) in [5, 5.41) is 3.28. The van der Waals surface area contributed by atoms with Crippen LogP contribution < -0.4 is 16.8 Å². The number of carbonyl (C=O) groups excluding carboxylic acids is 1. The van der Waals surface area contributed by atoms with Crippen LogP contribution in [0.4, 0.5) is 11.4 Å². The molecule has 5 heteroatoms. The van der Waals surface area contributed by atoms with Crippen molar-refractivity contribution in [2.45, 2.75) is 18.9 Å². The molecule has 2 rings (SSSR count). The van der Waals surface area contributed by atoms with Gasteiger partial charge in [-0.1, -0.05) is 0 Å². The Labute approximate surface area is 100 Å². The van der Waals surface area contributed by atoms with Crippen molar-refractivity contribution in [1.82, 2.24) is 0 Å². The maximum absolute atomic E-state index is 11.3. The molecule has 0 aromatic heterocycles. The highest BCUT2D eigenvalue weighted by Crippen LogP contribution is 2.21. The van der Waals surface area contributed by atoms with Crippen LogP contribution >= 0.6 is 0 Å². The van der Waals surface area contributed by atoms with Gasteiger partial charge in [0.2, 0.25) is 0 Å². The third kappa shape index (κ3) is 2.88. The largest absolute Gasteiger partial charge is 0.399 e. The normalized spacial score (nSPS) is 19.9. The van der Waals surface area contributed by atoms with Crippen molar-refractivity contribution in [3.63, 3.8) is 0 Å². The summed E-state index contributed by atoms with van der Waals surface area (Å²) in [5.74, 6) is -0.475. The number of carbonyl (C=O) groups is 1. The highest BCUT2D eigenvalue weighted by Gasteiger charge is 2.16. The number of anilines is 2. The molecule has 1 fully saturated rings. The fourth-order valence-electron chi connectivity index (χ4n) is 1.97. The lowest BCUT2D eigenvalue weighted by Gasteiger charge is -2.25. The average Bonchev–Trinajstić information content (AvgIpc) is 2.32. The Bertz CT molecular complexity index is 414. The first-order valence-corrected chi connectivity index (χ1v) is 5.70. The van der Waals surface area contributed by atoms with E-state index in [0.29, 0.717) is 17.9 Å². The topological polar surface area (TPSA) is 90.4 Å². The summed E-state index contributed by atoms with van der Waals surface area (Å²) in [6.45, 7) is 1.46. The molecular formula is C12H17N3O2. The van der Waals surface area contributed by atoms with Crippen LogP contribution in [0, 0.1) is 0 Å². The molecule has 1 aromatic carbocycles. The van der Waals surface area contributed by atoms with Gasteiger partial charge in [0.25, 0.3) is 5.91 Å². The molecule has 92 valence electrons. The molecule has 1 unspecified atom stereocenters. The first-order valence-electron chi connectivity index (χ1n) is 5.70. The number of hydrogen-bond donors (Lipinski definition) is 3.